The Kier molecular flexibility index (Phi) is 4.39. The first-order valence-corrected chi connectivity index (χ1v) is 8.13. The Labute approximate surface area is 127 Å². The number of nitrogens with zero attached hydrogens (tertiary/aromatic N) is 2. The summed E-state index contributed by atoms with van der Waals surface area (Å²) in [6.07, 6.45) is 7.18. The molecule has 1 N–H and O–H groups in total. The molecule has 1 atom stereocenters. The van der Waals surface area contributed by atoms with Gasteiger partial charge in [0.1, 0.15) is 5.82 Å². The van der Waals surface area contributed by atoms with E-state index in [1.807, 2.05) is 7.05 Å². The van der Waals surface area contributed by atoms with E-state index in [0.29, 0.717) is 6.04 Å². The van der Waals surface area contributed by atoms with Gasteiger partial charge in [-0.15, -0.1) is 0 Å². The van der Waals surface area contributed by atoms with Crippen molar-refractivity contribution in [2.45, 2.75) is 45.2 Å². The van der Waals surface area contributed by atoms with Crippen LogP contribution in [-0.2, 0) is 6.54 Å². The van der Waals surface area contributed by atoms with E-state index in [1.165, 1.54) is 47.8 Å². The quantitative estimate of drug-likeness (QED) is 0.927. The largest absolute Gasteiger partial charge is 0.353 e. The van der Waals surface area contributed by atoms with E-state index in [9.17, 15) is 0 Å². The van der Waals surface area contributed by atoms with Crippen LogP contribution in [0.25, 0.3) is 10.8 Å². The Morgan fingerprint density at radius 1 is 1.24 bits per heavy atom. The number of piperidine rings is 1. The third kappa shape index (κ3) is 2.75. The zero-order valence-corrected chi connectivity index (χ0v) is 13.1. The maximum Gasteiger partial charge on any atom is 0.136 e. The van der Waals surface area contributed by atoms with Crippen LogP contribution < -0.4 is 10.2 Å². The lowest BCUT2D eigenvalue weighted by molar-refractivity contribution is 0.448. The molecular formula is C18H25N3. The number of hydrogen-bond acceptors (Lipinski definition) is 3. The highest BCUT2D eigenvalue weighted by Gasteiger charge is 2.23. The van der Waals surface area contributed by atoms with Crippen molar-refractivity contribution in [2.75, 3.05) is 18.5 Å². The van der Waals surface area contributed by atoms with Gasteiger partial charge in [-0.1, -0.05) is 31.2 Å². The molecule has 1 fully saturated rings. The lowest BCUT2D eigenvalue weighted by Crippen LogP contribution is -2.39. The maximum absolute atomic E-state index is 4.83. The van der Waals surface area contributed by atoms with Crippen molar-refractivity contribution >= 4 is 16.6 Å². The minimum atomic E-state index is 0.643. The number of nitrogens with one attached hydrogen (secondary N) is 1. The van der Waals surface area contributed by atoms with Gasteiger partial charge >= 0.3 is 0 Å². The molecule has 0 radical (unpaired) electrons. The number of anilines is 1. The van der Waals surface area contributed by atoms with Crippen LogP contribution >= 0.6 is 0 Å². The molecule has 3 nitrogen and oxygen atoms in total. The summed E-state index contributed by atoms with van der Waals surface area (Å²) in [4.78, 5) is 7.37. The van der Waals surface area contributed by atoms with Crippen LogP contribution in [0.15, 0.2) is 30.5 Å². The number of aromatic nitrogens is 1. The summed E-state index contributed by atoms with van der Waals surface area (Å²) < 4.78 is 0. The summed E-state index contributed by atoms with van der Waals surface area (Å²) >= 11 is 0. The molecule has 2 heterocycles. The maximum atomic E-state index is 4.83. The second-order valence-corrected chi connectivity index (χ2v) is 5.93. The summed E-state index contributed by atoms with van der Waals surface area (Å²) in [5, 5.41) is 5.87. The average molecular weight is 283 g/mol. The van der Waals surface area contributed by atoms with Crippen LogP contribution in [0.4, 0.5) is 5.82 Å². The molecule has 112 valence electrons. The first kappa shape index (κ1) is 14.3. The molecular weight excluding hydrogens is 258 g/mol. The van der Waals surface area contributed by atoms with Crippen LogP contribution in [0.5, 0.6) is 0 Å². The van der Waals surface area contributed by atoms with Crippen molar-refractivity contribution < 1.29 is 0 Å². The van der Waals surface area contributed by atoms with Crippen molar-refractivity contribution in [1.82, 2.24) is 10.3 Å². The first-order valence-electron chi connectivity index (χ1n) is 8.13. The summed E-state index contributed by atoms with van der Waals surface area (Å²) in [7, 11) is 1.99. The number of pyridine rings is 1. The van der Waals surface area contributed by atoms with Crippen LogP contribution in [0.1, 0.15) is 38.2 Å². The van der Waals surface area contributed by atoms with Gasteiger partial charge < -0.3 is 10.2 Å². The molecule has 1 aliphatic heterocycles. The molecule has 3 rings (SSSR count). The summed E-state index contributed by atoms with van der Waals surface area (Å²) in [5.41, 5.74) is 1.28. The summed E-state index contributed by atoms with van der Waals surface area (Å²) in [6.45, 7) is 4.30. The Morgan fingerprint density at radius 3 is 2.81 bits per heavy atom. The van der Waals surface area contributed by atoms with Crippen molar-refractivity contribution in [3.05, 3.63) is 36.0 Å². The number of hydrogen-bond donors (Lipinski definition) is 1. The molecule has 1 aromatic heterocycles. The Bertz CT molecular complexity index is 608. The van der Waals surface area contributed by atoms with Gasteiger partial charge in [0.15, 0.2) is 0 Å². The van der Waals surface area contributed by atoms with Gasteiger partial charge in [-0.25, -0.2) is 4.98 Å². The fraction of sp³-hybridized carbons (Fsp3) is 0.500. The molecule has 0 aliphatic carbocycles. The monoisotopic (exact) mass is 283 g/mol. The molecule has 0 amide bonds. The van der Waals surface area contributed by atoms with Gasteiger partial charge in [0, 0.05) is 30.7 Å². The zero-order valence-electron chi connectivity index (χ0n) is 13.1. The van der Waals surface area contributed by atoms with Crippen LogP contribution in [0.3, 0.4) is 0 Å². The van der Waals surface area contributed by atoms with Gasteiger partial charge in [0.05, 0.1) is 0 Å². The SMILES string of the molecule is CCC1CCCCN1c1ncc(CNC)c2ccccc12. The van der Waals surface area contributed by atoms with E-state index in [-0.39, 0.29) is 0 Å². The Morgan fingerprint density at radius 2 is 2.05 bits per heavy atom. The highest BCUT2D eigenvalue weighted by Crippen LogP contribution is 2.32. The van der Waals surface area contributed by atoms with E-state index in [2.05, 4.69) is 47.6 Å². The topological polar surface area (TPSA) is 28.2 Å². The number of benzene rings is 1. The van der Waals surface area contributed by atoms with Crippen LogP contribution in [0, 0.1) is 0 Å². The lowest BCUT2D eigenvalue weighted by atomic mass is 9.98. The van der Waals surface area contributed by atoms with E-state index >= 15 is 0 Å². The normalized spacial score (nSPS) is 19.1. The van der Waals surface area contributed by atoms with Gasteiger partial charge in [0.25, 0.3) is 0 Å². The van der Waals surface area contributed by atoms with E-state index in [0.717, 1.165) is 13.1 Å². The van der Waals surface area contributed by atoms with E-state index in [1.54, 1.807) is 0 Å². The third-order valence-electron chi connectivity index (χ3n) is 4.59. The molecule has 0 saturated carbocycles. The molecule has 21 heavy (non-hydrogen) atoms. The molecule has 2 aromatic rings. The third-order valence-corrected chi connectivity index (χ3v) is 4.59. The van der Waals surface area contributed by atoms with Crippen molar-refractivity contribution in [1.29, 1.82) is 0 Å². The Hall–Kier alpha value is -1.61. The molecule has 1 aliphatic rings. The Balaban J connectivity index is 2.08. The average Bonchev–Trinajstić information content (AvgIpc) is 2.55. The van der Waals surface area contributed by atoms with Crippen LogP contribution in [0.2, 0.25) is 0 Å². The van der Waals surface area contributed by atoms with Gasteiger partial charge in [-0.3, -0.25) is 0 Å². The molecule has 1 aromatic carbocycles. The van der Waals surface area contributed by atoms with Crippen molar-refractivity contribution in [2.24, 2.45) is 0 Å². The van der Waals surface area contributed by atoms with E-state index in [4.69, 9.17) is 4.98 Å². The summed E-state index contributed by atoms with van der Waals surface area (Å²) in [6, 6.07) is 9.33. The number of fused-ring (bicyclic) bond motifs is 1. The molecule has 1 saturated heterocycles. The van der Waals surface area contributed by atoms with Crippen LogP contribution in [-0.4, -0.2) is 24.6 Å². The fourth-order valence-electron chi connectivity index (χ4n) is 3.50. The van der Waals surface area contributed by atoms with Crippen molar-refractivity contribution in [3.63, 3.8) is 0 Å². The predicted octanol–water partition coefficient (Wildman–Crippen LogP) is 3.72. The minimum Gasteiger partial charge on any atom is -0.353 e. The second-order valence-electron chi connectivity index (χ2n) is 5.93. The highest BCUT2D eigenvalue weighted by molar-refractivity contribution is 5.94. The van der Waals surface area contributed by atoms with E-state index < -0.39 is 0 Å². The standard InChI is InChI=1S/C18H25N3/c1-3-15-8-6-7-11-21(15)18-17-10-5-4-9-16(17)14(12-19-2)13-20-18/h4-5,9-10,13,15,19H,3,6-8,11-12H2,1-2H3. The molecule has 0 bridgehead atoms. The second kappa shape index (κ2) is 6.44. The smallest absolute Gasteiger partial charge is 0.136 e. The zero-order chi connectivity index (χ0) is 14.7. The van der Waals surface area contributed by atoms with Gasteiger partial charge in [-0.2, -0.15) is 0 Å². The summed E-state index contributed by atoms with van der Waals surface area (Å²) in [5.74, 6) is 1.18. The minimum absolute atomic E-state index is 0.643. The first-order chi connectivity index (χ1) is 10.3. The highest BCUT2D eigenvalue weighted by atomic mass is 15.2. The number of rotatable bonds is 4. The predicted molar refractivity (Wildman–Crippen MR) is 89.8 cm³/mol. The molecule has 0 spiro atoms. The fourth-order valence-corrected chi connectivity index (χ4v) is 3.50. The lowest BCUT2D eigenvalue weighted by Gasteiger charge is -2.37. The van der Waals surface area contributed by atoms with Gasteiger partial charge in [-0.05, 0) is 43.7 Å². The molecule has 1 unspecified atom stereocenters. The molecule has 3 heteroatoms. The van der Waals surface area contributed by atoms with Gasteiger partial charge in [0.2, 0.25) is 0 Å². The van der Waals surface area contributed by atoms with Crippen molar-refractivity contribution in [3.8, 4) is 0 Å².